The molecule has 2 saturated heterocycles. The SMILES string of the molecule is CCNc1nc(C2CC3CCC2O3)nc2c1CSC2. The maximum Gasteiger partial charge on any atom is 0.136 e. The third-order valence-electron chi connectivity index (χ3n) is 4.38. The fraction of sp³-hybridized carbons (Fsp3) is 0.714. The predicted molar refractivity (Wildman–Crippen MR) is 76.4 cm³/mol. The van der Waals surface area contributed by atoms with E-state index in [1.165, 1.54) is 24.1 Å². The van der Waals surface area contributed by atoms with E-state index in [0.717, 1.165) is 36.1 Å². The molecular weight excluding hydrogens is 258 g/mol. The summed E-state index contributed by atoms with van der Waals surface area (Å²) in [4.78, 5) is 9.66. The Kier molecular flexibility index (Phi) is 2.92. The second kappa shape index (κ2) is 4.63. The van der Waals surface area contributed by atoms with Crippen molar-refractivity contribution in [2.45, 2.75) is 55.8 Å². The van der Waals surface area contributed by atoms with Gasteiger partial charge in [0.1, 0.15) is 11.6 Å². The lowest BCUT2D eigenvalue weighted by molar-refractivity contribution is 0.0998. The van der Waals surface area contributed by atoms with Crippen molar-refractivity contribution in [3.8, 4) is 0 Å². The van der Waals surface area contributed by atoms with Crippen molar-refractivity contribution in [1.29, 1.82) is 0 Å². The van der Waals surface area contributed by atoms with Crippen LogP contribution in [-0.4, -0.2) is 28.7 Å². The molecule has 4 heterocycles. The third kappa shape index (κ3) is 1.94. The van der Waals surface area contributed by atoms with E-state index in [2.05, 4.69) is 12.2 Å². The smallest absolute Gasteiger partial charge is 0.136 e. The first-order valence-electron chi connectivity index (χ1n) is 7.22. The molecule has 1 N–H and O–H groups in total. The number of hydrogen-bond donors (Lipinski definition) is 1. The largest absolute Gasteiger partial charge is 0.374 e. The van der Waals surface area contributed by atoms with Gasteiger partial charge in [-0.2, -0.15) is 11.8 Å². The molecule has 3 unspecified atom stereocenters. The maximum atomic E-state index is 5.95. The average molecular weight is 277 g/mol. The van der Waals surface area contributed by atoms with E-state index in [4.69, 9.17) is 14.7 Å². The quantitative estimate of drug-likeness (QED) is 0.920. The number of thioether (sulfide) groups is 1. The topological polar surface area (TPSA) is 47.0 Å². The molecule has 5 heteroatoms. The summed E-state index contributed by atoms with van der Waals surface area (Å²) >= 11 is 1.94. The molecule has 3 aliphatic rings. The summed E-state index contributed by atoms with van der Waals surface area (Å²) in [6, 6.07) is 0. The number of ether oxygens (including phenoxy) is 1. The van der Waals surface area contributed by atoms with Crippen LogP contribution in [0, 0.1) is 0 Å². The molecule has 4 nitrogen and oxygen atoms in total. The van der Waals surface area contributed by atoms with Gasteiger partial charge in [0.25, 0.3) is 0 Å². The number of rotatable bonds is 3. The maximum absolute atomic E-state index is 5.95. The summed E-state index contributed by atoms with van der Waals surface area (Å²) in [7, 11) is 0. The van der Waals surface area contributed by atoms with Gasteiger partial charge in [-0.1, -0.05) is 0 Å². The lowest BCUT2D eigenvalue weighted by Gasteiger charge is -2.19. The molecule has 0 aromatic carbocycles. The Bertz CT molecular complexity index is 508. The van der Waals surface area contributed by atoms with Crippen LogP contribution in [0.15, 0.2) is 0 Å². The highest BCUT2D eigenvalue weighted by Gasteiger charge is 2.43. The fourth-order valence-electron chi connectivity index (χ4n) is 3.46. The molecule has 0 amide bonds. The van der Waals surface area contributed by atoms with Crippen LogP contribution in [0.3, 0.4) is 0 Å². The van der Waals surface area contributed by atoms with Crippen LogP contribution >= 0.6 is 11.8 Å². The molecule has 19 heavy (non-hydrogen) atoms. The molecule has 0 spiro atoms. The molecule has 1 aromatic rings. The molecular formula is C14H19N3OS. The highest BCUT2D eigenvalue weighted by Crippen LogP contribution is 2.44. The third-order valence-corrected chi connectivity index (χ3v) is 5.35. The van der Waals surface area contributed by atoms with Crippen LogP contribution in [0.25, 0.3) is 0 Å². The number of hydrogen-bond acceptors (Lipinski definition) is 5. The molecule has 3 aliphatic heterocycles. The van der Waals surface area contributed by atoms with Crippen LogP contribution in [0.2, 0.25) is 0 Å². The van der Waals surface area contributed by atoms with Crippen LogP contribution in [0.5, 0.6) is 0 Å². The van der Waals surface area contributed by atoms with Gasteiger partial charge in [0.2, 0.25) is 0 Å². The van der Waals surface area contributed by atoms with Gasteiger partial charge in [-0.05, 0) is 26.2 Å². The molecule has 0 radical (unpaired) electrons. The summed E-state index contributed by atoms with van der Waals surface area (Å²) in [5.74, 6) is 4.59. The van der Waals surface area contributed by atoms with Gasteiger partial charge in [-0.3, -0.25) is 0 Å². The van der Waals surface area contributed by atoms with Crippen LogP contribution < -0.4 is 5.32 Å². The number of nitrogens with one attached hydrogen (secondary N) is 1. The van der Waals surface area contributed by atoms with Gasteiger partial charge in [0, 0.05) is 29.5 Å². The minimum atomic E-state index is 0.367. The first-order chi connectivity index (χ1) is 9.35. The van der Waals surface area contributed by atoms with Gasteiger partial charge in [-0.25, -0.2) is 9.97 Å². The summed E-state index contributed by atoms with van der Waals surface area (Å²) in [5, 5.41) is 3.41. The molecule has 3 atom stereocenters. The van der Waals surface area contributed by atoms with Gasteiger partial charge >= 0.3 is 0 Å². The molecule has 2 bridgehead atoms. The second-order valence-electron chi connectivity index (χ2n) is 5.59. The zero-order valence-corrected chi connectivity index (χ0v) is 12.0. The number of nitrogens with zero attached hydrogens (tertiary/aromatic N) is 2. The van der Waals surface area contributed by atoms with Gasteiger partial charge in [0.15, 0.2) is 0 Å². The van der Waals surface area contributed by atoms with Gasteiger partial charge < -0.3 is 10.1 Å². The molecule has 102 valence electrons. The Morgan fingerprint density at radius 1 is 1.32 bits per heavy atom. The number of anilines is 1. The monoisotopic (exact) mass is 277 g/mol. The van der Waals surface area contributed by atoms with Crippen molar-refractivity contribution in [2.24, 2.45) is 0 Å². The van der Waals surface area contributed by atoms with Gasteiger partial charge in [0.05, 0.1) is 17.9 Å². The normalized spacial score (nSPS) is 31.7. The van der Waals surface area contributed by atoms with Crippen molar-refractivity contribution in [1.82, 2.24) is 9.97 Å². The van der Waals surface area contributed by atoms with Crippen molar-refractivity contribution < 1.29 is 4.74 Å². The van der Waals surface area contributed by atoms with Crippen molar-refractivity contribution in [2.75, 3.05) is 11.9 Å². The summed E-state index contributed by atoms with van der Waals surface area (Å²) in [6.07, 6.45) is 4.35. The molecule has 2 fully saturated rings. The second-order valence-corrected chi connectivity index (χ2v) is 6.58. The van der Waals surface area contributed by atoms with E-state index >= 15 is 0 Å². The Hall–Kier alpha value is -0.810. The van der Waals surface area contributed by atoms with E-state index in [1.54, 1.807) is 0 Å². The van der Waals surface area contributed by atoms with E-state index < -0.39 is 0 Å². The Labute approximate surface area is 117 Å². The Morgan fingerprint density at radius 2 is 2.26 bits per heavy atom. The van der Waals surface area contributed by atoms with Gasteiger partial charge in [-0.15, -0.1) is 0 Å². The number of fused-ring (bicyclic) bond motifs is 3. The van der Waals surface area contributed by atoms with Crippen LogP contribution in [0.4, 0.5) is 5.82 Å². The van der Waals surface area contributed by atoms with Crippen molar-refractivity contribution >= 4 is 17.6 Å². The Morgan fingerprint density at radius 3 is 3.00 bits per heavy atom. The molecule has 0 saturated carbocycles. The predicted octanol–water partition coefficient (Wildman–Crippen LogP) is 2.69. The standard InChI is InChI=1S/C14H19N3OS/c1-2-15-13-10-6-19-7-11(10)16-14(17-13)9-5-8-3-4-12(9)18-8/h8-9,12H,2-7H2,1H3,(H,15,16,17). The zero-order chi connectivity index (χ0) is 12.8. The summed E-state index contributed by atoms with van der Waals surface area (Å²) in [5.41, 5.74) is 2.56. The first-order valence-corrected chi connectivity index (χ1v) is 8.37. The summed E-state index contributed by atoms with van der Waals surface area (Å²) in [6.45, 7) is 3.04. The van der Waals surface area contributed by atoms with E-state index in [0.29, 0.717) is 18.1 Å². The minimum Gasteiger partial charge on any atom is -0.374 e. The highest BCUT2D eigenvalue weighted by atomic mass is 32.2. The van der Waals surface area contributed by atoms with Crippen molar-refractivity contribution in [3.05, 3.63) is 17.1 Å². The molecule has 1 aromatic heterocycles. The first kappa shape index (κ1) is 12.0. The fourth-order valence-corrected chi connectivity index (χ4v) is 4.50. The van der Waals surface area contributed by atoms with E-state index in [1.807, 2.05) is 11.8 Å². The molecule has 0 aliphatic carbocycles. The minimum absolute atomic E-state index is 0.367. The lowest BCUT2D eigenvalue weighted by Crippen LogP contribution is -2.19. The zero-order valence-electron chi connectivity index (χ0n) is 11.2. The average Bonchev–Trinajstić information content (AvgIpc) is 3.14. The number of aromatic nitrogens is 2. The van der Waals surface area contributed by atoms with E-state index in [-0.39, 0.29) is 0 Å². The lowest BCUT2D eigenvalue weighted by atomic mass is 9.88. The van der Waals surface area contributed by atoms with Crippen molar-refractivity contribution in [3.63, 3.8) is 0 Å². The molecule has 4 rings (SSSR count). The Balaban J connectivity index is 1.70. The van der Waals surface area contributed by atoms with Crippen LogP contribution in [0.1, 0.15) is 49.2 Å². The summed E-state index contributed by atoms with van der Waals surface area (Å²) < 4.78 is 5.95. The highest BCUT2D eigenvalue weighted by molar-refractivity contribution is 7.98. The van der Waals surface area contributed by atoms with E-state index in [9.17, 15) is 0 Å². The van der Waals surface area contributed by atoms with Crippen LogP contribution in [-0.2, 0) is 16.2 Å².